The van der Waals surface area contributed by atoms with E-state index in [4.69, 9.17) is 40.9 Å². The molecule has 0 aliphatic rings. The molecule has 23 heavy (non-hydrogen) atoms. The molecule has 6 atom stereocenters. The topological polar surface area (TPSA) is 242 Å². The van der Waals surface area contributed by atoms with E-state index in [0.29, 0.717) is 0 Å². The van der Waals surface area contributed by atoms with Crippen LogP contribution < -0.4 is 10.2 Å². The number of hydrogen-bond donors (Lipinski definition) is 8. The molecule has 0 aromatic carbocycles. The molecule has 0 heterocycles. The fraction of sp³-hybridized carbons (Fsp3) is 0.800. The van der Waals surface area contributed by atoms with E-state index in [-0.39, 0.29) is 23.1 Å². The van der Waals surface area contributed by atoms with Gasteiger partial charge in [-0.15, -0.1) is 0 Å². The molecule has 0 aromatic rings. The van der Waals surface area contributed by atoms with Crippen molar-refractivity contribution in [3.63, 3.8) is 0 Å². The van der Waals surface area contributed by atoms with Crippen LogP contribution in [0.15, 0.2) is 0 Å². The van der Waals surface area contributed by atoms with E-state index in [1.165, 1.54) is 0 Å². The summed E-state index contributed by atoms with van der Waals surface area (Å²) in [5, 5.41) is 87.7. The molecular weight excluding hydrogens is 336 g/mol. The fourth-order valence-corrected chi connectivity index (χ4v) is 0.916. The Morgan fingerprint density at radius 3 is 1.04 bits per heavy atom. The minimum atomic E-state index is -2.18. The molecule has 0 radical (unpaired) electrons. The Labute approximate surface area is 146 Å². The van der Waals surface area contributed by atoms with Gasteiger partial charge in [0.15, 0.2) is 0 Å². The van der Waals surface area contributed by atoms with Crippen molar-refractivity contribution >= 4 is 35.0 Å². The Morgan fingerprint density at radius 1 is 0.696 bits per heavy atom. The van der Waals surface area contributed by atoms with Gasteiger partial charge in [-0.3, -0.25) is 0 Å². The number of carboxylic acid groups (broad SMARTS) is 2. The van der Waals surface area contributed by atoms with Gasteiger partial charge in [-0.25, -0.2) is 0 Å². The molecule has 0 aromatic heterocycles. The maximum atomic E-state index is 9.85. The van der Waals surface area contributed by atoms with E-state index in [9.17, 15) is 19.8 Å². The number of carboxylic acids is 2. The summed E-state index contributed by atoms with van der Waals surface area (Å²) in [5.74, 6) is -3.80. The Kier molecular flexibility index (Phi) is 16.3. The summed E-state index contributed by atoms with van der Waals surface area (Å²) < 4.78 is 0. The van der Waals surface area contributed by atoms with Gasteiger partial charge in [-0.2, -0.15) is 0 Å². The first-order valence-corrected chi connectivity index (χ1v) is 5.73. The van der Waals surface area contributed by atoms with Crippen molar-refractivity contribution in [2.75, 3.05) is 13.2 Å². The second kappa shape index (κ2) is 13.8. The smallest absolute Gasteiger partial charge is 0.547 e. The summed E-state index contributed by atoms with van der Waals surface area (Å²) >= 11 is 0. The van der Waals surface area contributed by atoms with Crippen LogP contribution in [0.5, 0.6) is 0 Å². The van der Waals surface area contributed by atoms with Crippen LogP contribution in [0.25, 0.3) is 0 Å². The molecule has 0 amide bonds. The SMILES string of the molecule is O=C([O-])[C@H](O)[C@@H](O)[C@H](O)CO.O=C([O-])[C@H](O)[C@@H](O)[C@H](O)CO.[Mg+2]. The summed E-state index contributed by atoms with van der Waals surface area (Å²) in [4.78, 5) is 19.7. The first kappa shape index (κ1) is 27.2. The third kappa shape index (κ3) is 10.7. The second-order valence-electron chi connectivity index (χ2n) is 4.01. The Balaban J connectivity index is -0.000000333. The monoisotopic (exact) mass is 354 g/mol. The van der Waals surface area contributed by atoms with Crippen molar-refractivity contribution in [1.29, 1.82) is 0 Å². The van der Waals surface area contributed by atoms with E-state index in [1.807, 2.05) is 0 Å². The van der Waals surface area contributed by atoms with Crippen molar-refractivity contribution in [2.24, 2.45) is 0 Å². The third-order valence-electron chi connectivity index (χ3n) is 2.29. The van der Waals surface area contributed by atoms with Gasteiger partial charge < -0.3 is 60.7 Å². The van der Waals surface area contributed by atoms with E-state index >= 15 is 0 Å². The molecule has 0 bridgehead atoms. The number of carbonyl (C=O) groups excluding carboxylic acids is 2. The molecule has 0 spiro atoms. The van der Waals surface area contributed by atoms with Crippen molar-refractivity contribution in [3.8, 4) is 0 Å². The molecule has 0 unspecified atom stereocenters. The van der Waals surface area contributed by atoms with Gasteiger partial charge in [-0.1, -0.05) is 0 Å². The maximum absolute atomic E-state index is 9.85. The standard InChI is InChI=1S/2C5H10O6.Mg/c2*6-1-2(7)3(8)4(9)5(10)11;/h2*2-4,6-9H,1H2,(H,10,11);/q;;+2/p-2/t2*2-,3+,4-;/m11./s1. The Hall–Kier alpha value is -0.614. The van der Waals surface area contributed by atoms with Gasteiger partial charge in [0.2, 0.25) is 0 Å². The van der Waals surface area contributed by atoms with Gasteiger partial charge in [0, 0.05) is 0 Å². The van der Waals surface area contributed by atoms with Gasteiger partial charge in [0.1, 0.15) is 36.6 Å². The van der Waals surface area contributed by atoms with E-state index < -0.39 is 61.8 Å². The number of aliphatic carboxylic acids is 2. The van der Waals surface area contributed by atoms with Gasteiger partial charge in [0.25, 0.3) is 0 Å². The van der Waals surface area contributed by atoms with E-state index in [0.717, 1.165) is 0 Å². The zero-order valence-corrected chi connectivity index (χ0v) is 13.2. The Morgan fingerprint density at radius 2 is 0.913 bits per heavy atom. The number of hydrogen-bond acceptors (Lipinski definition) is 12. The molecule has 0 aliphatic carbocycles. The zero-order chi connectivity index (χ0) is 18.0. The van der Waals surface area contributed by atoms with Crippen LogP contribution in [0.3, 0.4) is 0 Å². The minimum Gasteiger partial charge on any atom is -0.547 e. The van der Waals surface area contributed by atoms with Crippen LogP contribution in [-0.4, -0.2) is 126 Å². The predicted molar refractivity (Wildman–Crippen MR) is 66.0 cm³/mol. The third-order valence-corrected chi connectivity index (χ3v) is 2.29. The average Bonchev–Trinajstić information content (AvgIpc) is 2.50. The summed E-state index contributed by atoms with van der Waals surface area (Å²) in [6.45, 7) is -1.66. The molecule has 13 heteroatoms. The van der Waals surface area contributed by atoms with Crippen LogP contribution in [0, 0.1) is 0 Å². The van der Waals surface area contributed by atoms with E-state index in [1.54, 1.807) is 0 Å². The summed E-state index contributed by atoms with van der Waals surface area (Å²) in [5.41, 5.74) is 0. The van der Waals surface area contributed by atoms with Crippen molar-refractivity contribution < 1.29 is 60.7 Å². The van der Waals surface area contributed by atoms with Gasteiger partial charge in [0.05, 0.1) is 25.2 Å². The number of carbonyl (C=O) groups is 2. The number of aliphatic hydroxyl groups is 8. The minimum absolute atomic E-state index is 0. The Bertz CT molecular complexity index is 308. The van der Waals surface area contributed by atoms with Crippen LogP contribution in [0.1, 0.15) is 0 Å². The predicted octanol–water partition coefficient (Wildman–Crippen LogP) is -8.76. The first-order chi connectivity index (χ1) is 10.0. The number of aliphatic hydroxyl groups excluding tert-OH is 8. The molecular formula is C10H18MgO12. The van der Waals surface area contributed by atoms with Crippen molar-refractivity contribution in [1.82, 2.24) is 0 Å². The maximum Gasteiger partial charge on any atom is 2.00 e. The molecule has 0 aliphatic heterocycles. The van der Waals surface area contributed by atoms with Gasteiger partial charge in [-0.05, 0) is 0 Å². The normalized spacial score (nSPS) is 18.1. The zero-order valence-electron chi connectivity index (χ0n) is 11.8. The van der Waals surface area contributed by atoms with Gasteiger partial charge >= 0.3 is 23.1 Å². The summed E-state index contributed by atoms with van der Waals surface area (Å²) in [6, 6.07) is 0. The molecule has 132 valence electrons. The molecule has 0 fully saturated rings. The van der Waals surface area contributed by atoms with Crippen LogP contribution >= 0.6 is 0 Å². The van der Waals surface area contributed by atoms with Crippen LogP contribution in [-0.2, 0) is 9.59 Å². The van der Waals surface area contributed by atoms with Crippen molar-refractivity contribution in [3.05, 3.63) is 0 Å². The second-order valence-corrected chi connectivity index (χ2v) is 4.01. The molecule has 0 rings (SSSR count). The molecule has 8 N–H and O–H groups in total. The van der Waals surface area contributed by atoms with E-state index in [2.05, 4.69) is 0 Å². The van der Waals surface area contributed by atoms with Crippen LogP contribution in [0.4, 0.5) is 0 Å². The quantitative estimate of drug-likeness (QED) is 0.189. The summed E-state index contributed by atoms with van der Waals surface area (Å²) in [6.07, 6.45) is -11.6. The average molecular weight is 355 g/mol. The largest absolute Gasteiger partial charge is 2.00 e. The fourth-order valence-electron chi connectivity index (χ4n) is 0.916. The molecule has 0 saturated heterocycles. The van der Waals surface area contributed by atoms with Crippen LogP contribution in [0.2, 0.25) is 0 Å². The number of rotatable bonds is 8. The first-order valence-electron chi connectivity index (χ1n) is 5.73. The molecule has 12 nitrogen and oxygen atoms in total. The molecule has 0 saturated carbocycles. The van der Waals surface area contributed by atoms with Crippen molar-refractivity contribution in [2.45, 2.75) is 36.6 Å². The summed E-state index contributed by atoms with van der Waals surface area (Å²) in [7, 11) is 0.